The summed E-state index contributed by atoms with van der Waals surface area (Å²) in [5.74, 6) is 6.36. The highest BCUT2D eigenvalue weighted by molar-refractivity contribution is 5.05. The van der Waals surface area contributed by atoms with Crippen molar-refractivity contribution >= 4 is 0 Å². The topological polar surface area (TPSA) is 6.48 Å². The molecule has 0 aromatic rings. The summed E-state index contributed by atoms with van der Waals surface area (Å²) in [4.78, 5) is 6.67. The lowest BCUT2D eigenvalue weighted by atomic mass is 9.52. The average molecular weight is 633 g/mol. The lowest BCUT2D eigenvalue weighted by Crippen LogP contribution is -2.60. The van der Waals surface area contributed by atoms with Gasteiger partial charge in [0.2, 0.25) is 0 Å². The fourth-order valence-corrected chi connectivity index (χ4v) is 15.0. The summed E-state index contributed by atoms with van der Waals surface area (Å²) in [5, 5.41) is 0. The van der Waals surface area contributed by atoms with E-state index in [9.17, 15) is 0 Å². The molecule has 0 heterocycles. The maximum absolute atomic E-state index is 3.34. The molecule has 8 saturated carbocycles. The predicted octanol–water partition coefficient (Wildman–Crippen LogP) is 12.1. The van der Waals surface area contributed by atoms with Gasteiger partial charge >= 0.3 is 0 Å². The highest BCUT2D eigenvalue weighted by atomic mass is 15.2. The maximum Gasteiger partial charge on any atom is 0.0132 e. The van der Waals surface area contributed by atoms with Gasteiger partial charge < -0.3 is 0 Å². The number of hydrogen-bond acceptors (Lipinski definition) is 2. The molecule has 0 aromatic carbocycles. The Bertz CT molecular complexity index is 797. The van der Waals surface area contributed by atoms with Crippen LogP contribution in [0, 0.1) is 35.5 Å². The van der Waals surface area contributed by atoms with Gasteiger partial charge in [0, 0.05) is 36.3 Å². The Morgan fingerprint density at radius 2 is 0.435 bits per heavy atom. The van der Waals surface area contributed by atoms with Crippen LogP contribution in [-0.2, 0) is 0 Å². The van der Waals surface area contributed by atoms with E-state index in [1.54, 1.807) is 77.0 Å². The van der Waals surface area contributed by atoms with Crippen molar-refractivity contribution in [1.82, 2.24) is 9.80 Å². The van der Waals surface area contributed by atoms with Crippen LogP contribution in [0.2, 0.25) is 0 Å². The fraction of sp³-hybridized carbons (Fsp3) is 1.00. The Kier molecular flexibility index (Phi) is 11.4. The van der Waals surface area contributed by atoms with E-state index in [-0.39, 0.29) is 0 Å². The van der Waals surface area contributed by atoms with Crippen molar-refractivity contribution in [3.05, 3.63) is 0 Å². The molecule has 8 atom stereocenters. The fourth-order valence-electron chi connectivity index (χ4n) is 15.0. The van der Waals surface area contributed by atoms with E-state index >= 15 is 0 Å². The normalized spacial score (nSPS) is 41.3. The molecule has 0 amide bonds. The second-order valence-electron chi connectivity index (χ2n) is 18.9. The predicted molar refractivity (Wildman–Crippen MR) is 195 cm³/mol. The second-order valence-corrected chi connectivity index (χ2v) is 18.9. The van der Waals surface area contributed by atoms with Gasteiger partial charge in [0.1, 0.15) is 0 Å². The monoisotopic (exact) mass is 633 g/mol. The Balaban J connectivity index is 1.03. The molecule has 0 aliphatic heterocycles. The third kappa shape index (κ3) is 6.95. The van der Waals surface area contributed by atoms with Crippen molar-refractivity contribution in [2.45, 2.75) is 242 Å². The van der Waals surface area contributed by atoms with E-state index in [0.29, 0.717) is 0 Å². The molecule has 2 heteroatoms. The van der Waals surface area contributed by atoms with E-state index < -0.39 is 0 Å². The summed E-state index contributed by atoms with van der Waals surface area (Å²) < 4.78 is 0. The molecule has 0 bridgehead atoms. The maximum atomic E-state index is 3.34. The molecule has 8 fully saturated rings. The van der Waals surface area contributed by atoms with Gasteiger partial charge in [0.25, 0.3) is 0 Å². The minimum Gasteiger partial charge on any atom is -0.294 e. The smallest absolute Gasteiger partial charge is 0.0132 e. The first-order valence-corrected chi connectivity index (χ1v) is 22.4. The van der Waals surface area contributed by atoms with Gasteiger partial charge in [-0.1, -0.05) is 103 Å². The molecular weight excluding hydrogens is 556 g/mol. The van der Waals surface area contributed by atoms with Crippen molar-refractivity contribution in [3.8, 4) is 0 Å². The van der Waals surface area contributed by atoms with Crippen LogP contribution in [0.25, 0.3) is 0 Å². The summed E-state index contributed by atoms with van der Waals surface area (Å²) in [6.45, 7) is 0. The number of rotatable bonds is 7. The zero-order valence-corrected chi connectivity index (χ0v) is 30.5. The Morgan fingerprint density at radius 3 is 0.739 bits per heavy atom. The van der Waals surface area contributed by atoms with Crippen LogP contribution < -0.4 is 0 Å². The SMILES string of the molecule is C1CCC(N(C2CCCCC2)C2CCC(C3CCC(N(C4CCCCC4)C4CCCCC4)C4CCCCC34)C3CCCCC32)CC1. The summed E-state index contributed by atoms with van der Waals surface area (Å²) in [5.41, 5.74) is 0. The van der Waals surface area contributed by atoms with Crippen LogP contribution in [0.5, 0.6) is 0 Å². The van der Waals surface area contributed by atoms with Gasteiger partial charge in [-0.2, -0.15) is 0 Å². The van der Waals surface area contributed by atoms with Crippen molar-refractivity contribution in [3.63, 3.8) is 0 Å². The van der Waals surface area contributed by atoms with Crippen LogP contribution in [-0.4, -0.2) is 46.1 Å². The van der Waals surface area contributed by atoms with E-state index in [1.165, 1.54) is 128 Å². The standard InChI is InChI=1S/C44H76N2/c1-5-17-33(18-6-1)45(34-19-7-2-8-20-34)43-31-29-39(37-25-13-15-27-41(37)43)40-30-32-44(42-28-16-14-26-38(40)42)46(35-21-9-3-10-22-35)36-23-11-4-12-24-36/h33-44H,1-32H2. The number of nitrogens with zero attached hydrogens (tertiary/aromatic N) is 2. The Labute approximate surface area is 286 Å². The Hall–Kier alpha value is -0.0800. The summed E-state index contributed by atoms with van der Waals surface area (Å²) >= 11 is 0. The third-order valence-corrected chi connectivity index (χ3v) is 16.7. The molecule has 8 rings (SSSR count). The van der Waals surface area contributed by atoms with Crippen molar-refractivity contribution < 1.29 is 0 Å². The van der Waals surface area contributed by atoms with Gasteiger partial charge in [-0.15, -0.1) is 0 Å². The summed E-state index contributed by atoms with van der Waals surface area (Å²) in [6.07, 6.45) is 49.3. The zero-order chi connectivity index (χ0) is 30.7. The molecule has 0 aromatic heterocycles. The molecule has 0 saturated heterocycles. The van der Waals surface area contributed by atoms with Gasteiger partial charge in [-0.3, -0.25) is 9.80 Å². The van der Waals surface area contributed by atoms with Crippen molar-refractivity contribution in [2.24, 2.45) is 35.5 Å². The molecule has 8 aliphatic carbocycles. The second kappa shape index (κ2) is 15.9. The first-order valence-electron chi connectivity index (χ1n) is 22.4. The van der Waals surface area contributed by atoms with E-state index in [1.807, 2.05) is 0 Å². The molecule has 0 N–H and O–H groups in total. The van der Waals surface area contributed by atoms with Gasteiger partial charge in [-0.25, -0.2) is 0 Å². The van der Waals surface area contributed by atoms with E-state index in [0.717, 1.165) is 71.8 Å². The largest absolute Gasteiger partial charge is 0.294 e. The average Bonchev–Trinajstić information content (AvgIpc) is 3.14. The van der Waals surface area contributed by atoms with E-state index in [2.05, 4.69) is 9.80 Å². The molecular formula is C44H76N2. The summed E-state index contributed by atoms with van der Waals surface area (Å²) in [6, 6.07) is 5.63. The van der Waals surface area contributed by atoms with Gasteiger partial charge in [-0.05, 0) is 138 Å². The van der Waals surface area contributed by atoms with Crippen molar-refractivity contribution in [1.29, 1.82) is 0 Å². The molecule has 8 unspecified atom stereocenters. The molecule has 46 heavy (non-hydrogen) atoms. The number of hydrogen-bond donors (Lipinski definition) is 0. The molecule has 0 radical (unpaired) electrons. The van der Waals surface area contributed by atoms with Crippen LogP contribution in [0.15, 0.2) is 0 Å². The van der Waals surface area contributed by atoms with E-state index in [4.69, 9.17) is 0 Å². The molecule has 2 nitrogen and oxygen atoms in total. The molecule has 0 spiro atoms. The quantitative estimate of drug-likeness (QED) is 0.275. The highest BCUT2D eigenvalue weighted by Gasteiger charge is 2.53. The van der Waals surface area contributed by atoms with Crippen LogP contribution in [0.4, 0.5) is 0 Å². The Morgan fingerprint density at radius 1 is 0.196 bits per heavy atom. The lowest BCUT2D eigenvalue weighted by Gasteiger charge is -2.59. The van der Waals surface area contributed by atoms with Gasteiger partial charge in [0.05, 0.1) is 0 Å². The third-order valence-electron chi connectivity index (χ3n) is 16.7. The first-order chi connectivity index (χ1) is 22.9. The minimum atomic E-state index is 0.935. The molecule has 262 valence electrons. The minimum absolute atomic E-state index is 0.935. The number of fused-ring (bicyclic) bond motifs is 2. The van der Waals surface area contributed by atoms with Crippen LogP contribution in [0.1, 0.15) is 205 Å². The lowest BCUT2D eigenvalue weighted by molar-refractivity contribution is -0.0982. The van der Waals surface area contributed by atoms with Crippen LogP contribution in [0.3, 0.4) is 0 Å². The van der Waals surface area contributed by atoms with Crippen molar-refractivity contribution in [2.75, 3.05) is 0 Å². The highest BCUT2D eigenvalue weighted by Crippen LogP contribution is 2.57. The summed E-state index contributed by atoms with van der Waals surface area (Å²) in [7, 11) is 0. The zero-order valence-electron chi connectivity index (χ0n) is 30.5. The van der Waals surface area contributed by atoms with Crippen LogP contribution >= 0.6 is 0 Å². The van der Waals surface area contributed by atoms with Gasteiger partial charge in [0.15, 0.2) is 0 Å². The first kappa shape index (κ1) is 33.1. The molecule has 8 aliphatic rings.